The molecule has 2 aromatic rings. The van der Waals surface area contributed by atoms with Gasteiger partial charge in [0.25, 0.3) is 5.91 Å². The van der Waals surface area contributed by atoms with E-state index >= 15 is 0 Å². The first-order valence-corrected chi connectivity index (χ1v) is 9.11. The van der Waals surface area contributed by atoms with Crippen molar-refractivity contribution in [3.8, 4) is 12.1 Å². The van der Waals surface area contributed by atoms with Crippen molar-refractivity contribution in [1.29, 1.82) is 10.5 Å². The Morgan fingerprint density at radius 1 is 1.45 bits per heavy atom. The SMILES string of the molecule is CC(C)(F)c1cc(Nc2nn(C3COCCC3C#N)cc2C(N)=O)ccc1C#N. The summed E-state index contributed by atoms with van der Waals surface area (Å²) in [5.41, 5.74) is 4.79. The van der Waals surface area contributed by atoms with Crippen LogP contribution in [0.5, 0.6) is 0 Å². The second-order valence-electron chi connectivity index (χ2n) is 7.37. The Morgan fingerprint density at radius 3 is 2.83 bits per heavy atom. The van der Waals surface area contributed by atoms with E-state index < -0.39 is 11.6 Å². The third kappa shape index (κ3) is 4.20. The van der Waals surface area contributed by atoms with E-state index in [-0.39, 0.29) is 34.5 Å². The normalized spacial score (nSPS) is 19.2. The second kappa shape index (κ2) is 7.90. The average molecular weight is 396 g/mol. The summed E-state index contributed by atoms with van der Waals surface area (Å²) in [7, 11) is 0. The topological polar surface area (TPSA) is 130 Å². The molecule has 1 fully saturated rings. The number of alkyl halides is 1. The Kier molecular flexibility index (Phi) is 5.53. The molecule has 2 unspecified atom stereocenters. The minimum atomic E-state index is -1.73. The lowest BCUT2D eigenvalue weighted by Crippen LogP contribution is -2.29. The van der Waals surface area contributed by atoms with Gasteiger partial charge in [-0.3, -0.25) is 9.48 Å². The van der Waals surface area contributed by atoms with Crippen molar-refractivity contribution in [3.63, 3.8) is 0 Å². The third-order valence-electron chi connectivity index (χ3n) is 4.87. The second-order valence-corrected chi connectivity index (χ2v) is 7.37. The number of nitriles is 2. The molecule has 29 heavy (non-hydrogen) atoms. The van der Waals surface area contributed by atoms with Crippen molar-refractivity contribution in [1.82, 2.24) is 9.78 Å². The maximum Gasteiger partial charge on any atom is 0.254 e. The first-order chi connectivity index (χ1) is 13.7. The number of carbonyl (C=O) groups excluding carboxylic acids is 1. The van der Waals surface area contributed by atoms with Crippen LogP contribution in [0.2, 0.25) is 0 Å². The highest BCUT2D eigenvalue weighted by molar-refractivity contribution is 5.98. The van der Waals surface area contributed by atoms with Gasteiger partial charge < -0.3 is 15.8 Å². The van der Waals surface area contributed by atoms with E-state index in [1.165, 1.54) is 36.9 Å². The number of ether oxygens (including phenoxy) is 1. The molecule has 3 N–H and O–H groups in total. The molecule has 1 saturated heterocycles. The predicted molar refractivity (Wildman–Crippen MR) is 103 cm³/mol. The van der Waals surface area contributed by atoms with Crippen molar-refractivity contribution in [2.75, 3.05) is 18.5 Å². The Balaban J connectivity index is 1.97. The van der Waals surface area contributed by atoms with Crippen LogP contribution in [0.4, 0.5) is 15.9 Å². The summed E-state index contributed by atoms with van der Waals surface area (Å²) in [5, 5.41) is 26.0. The minimum absolute atomic E-state index is 0.137. The largest absolute Gasteiger partial charge is 0.379 e. The summed E-state index contributed by atoms with van der Waals surface area (Å²) in [4.78, 5) is 11.9. The maximum absolute atomic E-state index is 14.5. The fourth-order valence-corrected chi connectivity index (χ4v) is 3.32. The molecule has 2 atom stereocenters. The fourth-order valence-electron chi connectivity index (χ4n) is 3.32. The van der Waals surface area contributed by atoms with Gasteiger partial charge >= 0.3 is 0 Å². The summed E-state index contributed by atoms with van der Waals surface area (Å²) < 4.78 is 21.5. The van der Waals surface area contributed by atoms with Gasteiger partial charge in [-0.2, -0.15) is 15.6 Å². The molecule has 1 amide bonds. The number of nitrogens with one attached hydrogen (secondary N) is 1. The zero-order chi connectivity index (χ0) is 21.2. The Labute approximate surface area is 167 Å². The lowest BCUT2D eigenvalue weighted by Gasteiger charge is -2.26. The van der Waals surface area contributed by atoms with E-state index in [4.69, 9.17) is 10.5 Å². The summed E-state index contributed by atoms with van der Waals surface area (Å²) in [6.07, 6.45) is 2.05. The summed E-state index contributed by atoms with van der Waals surface area (Å²) in [5.74, 6) is -0.804. The molecule has 1 aliphatic rings. The molecule has 8 nitrogen and oxygen atoms in total. The van der Waals surface area contributed by atoms with Crippen LogP contribution in [-0.2, 0) is 10.4 Å². The van der Waals surface area contributed by atoms with Crippen molar-refractivity contribution < 1.29 is 13.9 Å². The van der Waals surface area contributed by atoms with E-state index in [1.807, 2.05) is 6.07 Å². The highest BCUT2D eigenvalue weighted by Gasteiger charge is 2.30. The number of carbonyl (C=O) groups is 1. The number of halogens is 1. The molecule has 3 rings (SSSR count). The highest BCUT2D eigenvalue weighted by atomic mass is 19.1. The van der Waals surface area contributed by atoms with Crippen LogP contribution in [0.3, 0.4) is 0 Å². The number of benzene rings is 1. The van der Waals surface area contributed by atoms with Gasteiger partial charge in [-0.1, -0.05) is 0 Å². The molecule has 1 aliphatic heterocycles. The molecule has 150 valence electrons. The summed E-state index contributed by atoms with van der Waals surface area (Å²) in [6.45, 7) is 3.52. The maximum atomic E-state index is 14.5. The molecule has 1 aromatic heterocycles. The Morgan fingerprint density at radius 2 is 2.21 bits per heavy atom. The van der Waals surface area contributed by atoms with Gasteiger partial charge in [0.05, 0.1) is 36.3 Å². The number of anilines is 2. The van der Waals surface area contributed by atoms with Crippen molar-refractivity contribution in [2.45, 2.75) is 32.0 Å². The summed E-state index contributed by atoms with van der Waals surface area (Å²) in [6, 6.07) is 8.48. The van der Waals surface area contributed by atoms with E-state index in [9.17, 15) is 19.7 Å². The first-order valence-electron chi connectivity index (χ1n) is 9.11. The molecular weight excluding hydrogens is 375 g/mol. The Hall–Kier alpha value is -3.43. The standard InChI is InChI=1S/C20H21FN6O2/c1-20(2,21)16-7-14(4-3-12(16)8-22)25-19-15(18(24)28)10-27(26-19)17-11-29-6-5-13(17)9-23/h3-4,7,10,13,17H,5-6,11H2,1-2H3,(H2,24,28)(H,25,26). The van der Waals surface area contributed by atoms with Gasteiger partial charge in [0.1, 0.15) is 11.2 Å². The highest BCUT2D eigenvalue weighted by Crippen LogP contribution is 2.32. The van der Waals surface area contributed by atoms with Crippen LogP contribution in [0, 0.1) is 28.6 Å². The van der Waals surface area contributed by atoms with E-state index in [2.05, 4.69) is 16.5 Å². The molecule has 9 heteroatoms. The van der Waals surface area contributed by atoms with Crippen LogP contribution in [0.15, 0.2) is 24.4 Å². The third-order valence-corrected chi connectivity index (χ3v) is 4.87. The van der Waals surface area contributed by atoms with Gasteiger partial charge in [-0.05, 0) is 38.5 Å². The van der Waals surface area contributed by atoms with Crippen LogP contribution >= 0.6 is 0 Å². The fraction of sp³-hybridized carbons (Fsp3) is 0.400. The number of nitrogens with zero attached hydrogens (tertiary/aromatic N) is 4. The van der Waals surface area contributed by atoms with Crippen LogP contribution in [0.1, 0.15) is 47.8 Å². The number of hydrogen-bond donors (Lipinski definition) is 2. The van der Waals surface area contributed by atoms with Gasteiger partial charge in [-0.15, -0.1) is 0 Å². The van der Waals surface area contributed by atoms with E-state index in [1.54, 1.807) is 6.07 Å². The molecule has 0 spiro atoms. The zero-order valence-electron chi connectivity index (χ0n) is 16.1. The number of aromatic nitrogens is 2. The lowest BCUT2D eigenvalue weighted by atomic mass is 9.94. The Bertz CT molecular complexity index is 1010. The molecule has 1 aromatic carbocycles. The summed E-state index contributed by atoms with van der Waals surface area (Å²) >= 11 is 0. The quantitative estimate of drug-likeness (QED) is 0.799. The average Bonchev–Trinajstić information content (AvgIpc) is 3.11. The van der Waals surface area contributed by atoms with Crippen LogP contribution < -0.4 is 11.1 Å². The first kappa shape index (κ1) is 20.3. The van der Waals surface area contributed by atoms with Gasteiger partial charge in [0.15, 0.2) is 5.82 Å². The molecule has 0 saturated carbocycles. The predicted octanol–water partition coefficient (Wildman–Crippen LogP) is 2.90. The zero-order valence-corrected chi connectivity index (χ0v) is 16.1. The van der Waals surface area contributed by atoms with E-state index in [0.717, 1.165) is 0 Å². The number of rotatable bonds is 5. The van der Waals surface area contributed by atoms with Gasteiger partial charge in [0.2, 0.25) is 0 Å². The molecule has 0 aliphatic carbocycles. The molecule has 2 heterocycles. The number of amides is 1. The number of primary amides is 1. The van der Waals surface area contributed by atoms with Crippen LogP contribution in [0.25, 0.3) is 0 Å². The van der Waals surface area contributed by atoms with Crippen molar-refractivity contribution >= 4 is 17.4 Å². The smallest absolute Gasteiger partial charge is 0.254 e. The minimum Gasteiger partial charge on any atom is -0.379 e. The number of hydrogen-bond acceptors (Lipinski definition) is 6. The van der Waals surface area contributed by atoms with Crippen molar-refractivity contribution in [2.24, 2.45) is 11.7 Å². The van der Waals surface area contributed by atoms with Crippen molar-refractivity contribution in [3.05, 3.63) is 41.1 Å². The lowest BCUT2D eigenvalue weighted by molar-refractivity contribution is 0.0342. The van der Waals surface area contributed by atoms with Gasteiger partial charge in [0, 0.05) is 24.1 Å². The number of nitrogens with two attached hydrogens (primary N) is 1. The van der Waals surface area contributed by atoms with Gasteiger partial charge in [-0.25, -0.2) is 4.39 Å². The molecular formula is C20H21FN6O2. The monoisotopic (exact) mass is 396 g/mol. The van der Waals surface area contributed by atoms with Crippen LogP contribution in [-0.4, -0.2) is 28.9 Å². The molecule has 0 radical (unpaired) electrons. The molecule has 0 bridgehead atoms. The van der Waals surface area contributed by atoms with E-state index in [0.29, 0.717) is 25.3 Å².